The van der Waals surface area contributed by atoms with Crippen LogP contribution in [0.3, 0.4) is 0 Å². The fourth-order valence-corrected chi connectivity index (χ4v) is 5.80. The molecule has 3 fully saturated rings. The van der Waals surface area contributed by atoms with E-state index in [4.69, 9.17) is 4.74 Å². The molecule has 0 radical (unpaired) electrons. The van der Waals surface area contributed by atoms with E-state index in [1.165, 1.54) is 0 Å². The van der Waals surface area contributed by atoms with Gasteiger partial charge in [-0.15, -0.1) is 0 Å². The van der Waals surface area contributed by atoms with Gasteiger partial charge in [-0.3, -0.25) is 19.3 Å². The van der Waals surface area contributed by atoms with Crippen LogP contribution in [0.15, 0.2) is 36.4 Å². The zero-order chi connectivity index (χ0) is 20.1. The van der Waals surface area contributed by atoms with E-state index in [0.29, 0.717) is 25.7 Å². The topological polar surface area (TPSA) is 75.7 Å². The van der Waals surface area contributed by atoms with Crippen molar-refractivity contribution in [2.24, 2.45) is 29.6 Å². The molecule has 29 heavy (non-hydrogen) atoms. The van der Waals surface area contributed by atoms with Crippen LogP contribution in [0.5, 0.6) is 5.75 Å². The number of amides is 3. The first-order chi connectivity index (χ1) is 14.1. The molecule has 0 aromatic heterocycles. The number of hydrogen-bond donors (Lipinski definition) is 1. The minimum absolute atomic E-state index is 0.00630. The number of benzene rings is 1. The number of imide groups is 1. The number of anilines is 1. The van der Waals surface area contributed by atoms with Gasteiger partial charge in [0.15, 0.2) is 0 Å². The Labute approximate surface area is 170 Å². The van der Waals surface area contributed by atoms with Crippen molar-refractivity contribution in [3.8, 4) is 5.75 Å². The first-order valence-corrected chi connectivity index (χ1v) is 10.6. The van der Waals surface area contributed by atoms with Crippen molar-refractivity contribution in [3.05, 3.63) is 36.4 Å². The largest absolute Gasteiger partial charge is 0.497 e. The van der Waals surface area contributed by atoms with Crippen molar-refractivity contribution in [1.29, 1.82) is 0 Å². The highest BCUT2D eigenvalue weighted by molar-refractivity contribution is 6.06. The van der Waals surface area contributed by atoms with Gasteiger partial charge >= 0.3 is 0 Å². The Morgan fingerprint density at radius 3 is 2.10 bits per heavy atom. The highest BCUT2D eigenvalue weighted by Gasteiger charge is 2.60. The summed E-state index contributed by atoms with van der Waals surface area (Å²) in [5.41, 5.74) is 0.749. The second-order valence-electron chi connectivity index (χ2n) is 8.77. The van der Waals surface area contributed by atoms with Crippen LogP contribution in [0.4, 0.5) is 5.69 Å². The maximum Gasteiger partial charge on any atom is 0.233 e. The minimum Gasteiger partial charge on any atom is -0.497 e. The summed E-state index contributed by atoms with van der Waals surface area (Å²) in [5, 5.41) is 2.97. The fourth-order valence-electron chi connectivity index (χ4n) is 5.80. The Hall–Kier alpha value is -2.63. The van der Waals surface area contributed by atoms with Crippen molar-refractivity contribution in [2.75, 3.05) is 12.4 Å². The van der Waals surface area contributed by atoms with Gasteiger partial charge in [-0.05, 0) is 68.2 Å². The second kappa shape index (κ2) is 7.01. The molecule has 4 atom stereocenters. The quantitative estimate of drug-likeness (QED) is 0.629. The van der Waals surface area contributed by atoms with E-state index < -0.39 is 0 Å². The lowest BCUT2D eigenvalue weighted by Crippen LogP contribution is -2.44. The predicted molar refractivity (Wildman–Crippen MR) is 107 cm³/mol. The van der Waals surface area contributed by atoms with Gasteiger partial charge < -0.3 is 10.1 Å². The number of rotatable bonds is 4. The van der Waals surface area contributed by atoms with Crippen LogP contribution in [0.2, 0.25) is 0 Å². The van der Waals surface area contributed by atoms with Gasteiger partial charge in [0, 0.05) is 17.6 Å². The molecule has 1 aromatic carbocycles. The fraction of sp³-hybridized carbons (Fsp3) is 0.522. The number of hydrogen-bond acceptors (Lipinski definition) is 4. The smallest absolute Gasteiger partial charge is 0.233 e. The molecule has 1 aliphatic heterocycles. The number of nitrogens with one attached hydrogen (secondary N) is 1. The predicted octanol–water partition coefficient (Wildman–Crippen LogP) is 3.00. The standard InChI is InChI=1S/C23H26N2O4/c1-29-18-10-6-16(7-11-18)24-21(26)13-4-8-17(9-5-13)25-22(27)19-14-2-3-15(12-14)20(19)23(25)28/h2-3,6-7,10-11,13-15,17,19-20H,4-5,8-9,12H2,1H3,(H,24,26)/t13?,14-,15+,17?,19-,20+. The molecular weight excluding hydrogens is 368 g/mol. The van der Waals surface area contributed by atoms with Gasteiger partial charge in [-0.2, -0.15) is 0 Å². The van der Waals surface area contributed by atoms with Gasteiger partial charge in [0.1, 0.15) is 5.75 Å². The molecule has 3 amide bonds. The molecule has 4 aliphatic rings. The van der Waals surface area contributed by atoms with Gasteiger partial charge in [-0.25, -0.2) is 0 Å². The molecule has 5 rings (SSSR count). The highest BCUT2D eigenvalue weighted by atomic mass is 16.5. The minimum atomic E-state index is -0.131. The number of carbonyl (C=O) groups excluding carboxylic acids is 3. The van der Waals surface area contributed by atoms with Gasteiger partial charge in [0.05, 0.1) is 18.9 Å². The van der Waals surface area contributed by atoms with Crippen LogP contribution in [-0.4, -0.2) is 35.8 Å². The summed E-state index contributed by atoms with van der Waals surface area (Å²) in [6.45, 7) is 0. The van der Waals surface area contributed by atoms with Gasteiger partial charge in [-0.1, -0.05) is 12.2 Å². The van der Waals surface area contributed by atoms with E-state index in [9.17, 15) is 14.4 Å². The summed E-state index contributed by atoms with van der Waals surface area (Å²) < 4.78 is 5.14. The Kier molecular flexibility index (Phi) is 4.45. The molecule has 0 spiro atoms. The molecule has 152 valence electrons. The Morgan fingerprint density at radius 2 is 1.55 bits per heavy atom. The molecule has 0 unspecified atom stereocenters. The molecule has 1 N–H and O–H groups in total. The maximum atomic E-state index is 13.0. The Bertz CT molecular complexity index is 839. The first kappa shape index (κ1) is 18.4. The van der Waals surface area contributed by atoms with Crippen LogP contribution >= 0.6 is 0 Å². The zero-order valence-corrected chi connectivity index (χ0v) is 16.5. The van der Waals surface area contributed by atoms with Gasteiger partial charge in [0.25, 0.3) is 0 Å². The molecule has 3 aliphatic carbocycles. The van der Waals surface area contributed by atoms with Crippen molar-refractivity contribution in [3.63, 3.8) is 0 Å². The third kappa shape index (κ3) is 2.96. The van der Waals surface area contributed by atoms with Crippen molar-refractivity contribution >= 4 is 23.4 Å². The van der Waals surface area contributed by atoms with Crippen molar-refractivity contribution in [1.82, 2.24) is 4.90 Å². The molecular formula is C23H26N2O4. The maximum absolute atomic E-state index is 13.0. The lowest BCUT2D eigenvalue weighted by Gasteiger charge is -2.33. The monoisotopic (exact) mass is 394 g/mol. The summed E-state index contributed by atoms with van der Waals surface area (Å²) in [5.74, 6) is 0.964. The van der Waals surface area contributed by atoms with E-state index in [1.54, 1.807) is 12.0 Å². The molecule has 6 heteroatoms. The number of nitrogens with zero attached hydrogens (tertiary/aromatic N) is 1. The molecule has 2 saturated carbocycles. The van der Waals surface area contributed by atoms with Crippen LogP contribution in [-0.2, 0) is 14.4 Å². The first-order valence-electron chi connectivity index (χ1n) is 10.6. The van der Waals surface area contributed by atoms with E-state index in [-0.39, 0.29) is 53.4 Å². The lowest BCUT2D eigenvalue weighted by atomic mass is 9.84. The Morgan fingerprint density at radius 1 is 0.966 bits per heavy atom. The second-order valence-corrected chi connectivity index (χ2v) is 8.77. The number of carbonyl (C=O) groups is 3. The van der Waals surface area contributed by atoms with E-state index in [0.717, 1.165) is 17.9 Å². The van der Waals surface area contributed by atoms with Crippen molar-refractivity contribution < 1.29 is 19.1 Å². The van der Waals surface area contributed by atoms with Crippen LogP contribution in [0, 0.1) is 29.6 Å². The average Bonchev–Trinajstić information content (AvgIpc) is 3.42. The van der Waals surface area contributed by atoms with Crippen LogP contribution in [0.1, 0.15) is 32.1 Å². The van der Waals surface area contributed by atoms with E-state index in [1.807, 2.05) is 24.3 Å². The third-order valence-corrected chi connectivity index (χ3v) is 7.29. The summed E-state index contributed by atoms with van der Waals surface area (Å²) >= 11 is 0. The zero-order valence-electron chi connectivity index (χ0n) is 16.5. The van der Waals surface area contributed by atoms with E-state index >= 15 is 0 Å². The molecule has 1 saturated heterocycles. The summed E-state index contributed by atoms with van der Waals surface area (Å²) in [6.07, 6.45) is 8.02. The Balaban J connectivity index is 1.19. The van der Waals surface area contributed by atoms with Crippen molar-refractivity contribution in [2.45, 2.75) is 38.1 Å². The molecule has 6 nitrogen and oxygen atoms in total. The van der Waals surface area contributed by atoms with Gasteiger partial charge in [0.2, 0.25) is 17.7 Å². The summed E-state index contributed by atoms with van der Waals surface area (Å²) in [7, 11) is 1.61. The summed E-state index contributed by atoms with van der Waals surface area (Å²) in [4.78, 5) is 40.2. The van der Waals surface area contributed by atoms with E-state index in [2.05, 4.69) is 17.5 Å². The highest BCUT2D eigenvalue weighted by Crippen LogP contribution is 2.53. The lowest BCUT2D eigenvalue weighted by molar-refractivity contribution is -0.144. The summed E-state index contributed by atoms with van der Waals surface area (Å²) in [6, 6.07) is 7.23. The number of ether oxygens (including phenoxy) is 1. The molecule has 2 bridgehead atoms. The third-order valence-electron chi connectivity index (χ3n) is 7.29. The number of likely N-dealkylation sites (tertiary alicyclic amines) is 1. The average molecular weight is 394 g/mol. The SMILES string of the molecule is COc1ccc(NC(=O)C2CCC(N3C(=O)[C@@H]4[C@H](C3=O)[C@@H]3C=C[C@H]4C3)CC2)cc1. The normalized spacial score (nSPS) is 35.1. The number of fused-ring (bicyclic) bond motifs is 5. The van der Waals surface area contributed by atoms with Crippen LogP contribution in [0.25, 0.3) is 0 Å². The number of allylic oxidation sites excluding steroid dienone is 2. The molecule has 1 heterocycles. The number of methoxy groups -OCH3 is 1. The van der Waals surface area contributed by atoms with Crippen LogP contribution < -0.4 is 10.1 Å². The molecule has 1 aromatic rings.